The molecule has 0 atom stereocenters. The number of para-hydroxylation sites is 2. The molecule has 0 heterocycles. The van der Waals surface area contributed by atoms with Gasteiger partial charge >= 0.3 is 6.18 Å². The molecular weight excluding hydrogens is 343 g/mol. The molecule has 2 rings (SSSR count). The average molecular weight is 363 g/mol. The van der Waals surface area contributed by atoms with Crippen LogP contribution in [0.15, 0.2) is 48.5 Å². The molecule has 3 nitrogen and oxygen atoms in total. The summed E-state index contributed by atoms with van der Waals surface area (Å²) in [6.45, 7) is 1.61. The van der Waals surface area contributed by atoms with E-state index >= 15 is 0 Å². The SMILES string of the molecule is COc1ccccc1OCCN(C)CC#Cc1ccc(C(F)(F)F)cc1. The third-order valence-electron chi connectivity index (χ3n) is 3.59. The number of rotatable bonds is 6. The zero-order chi connectivity index (χ0) is 19.0. The Morgan fingerprint density at radius 3 is 2.27 bits per heavy atom. The van der Waals surface area contributed by atoms with Crippen LogP contribution in [0.4, 0.5) is 13.2 Å². The van der Waals surface area contributed by atoms with Crippen LogP contribution >= 0.6 is 0 Å². The van der Waals surface area contributed by atoms with Gasteiger partial charge in [0.05, 0.1) is 19.2 Å². The summed E-state index contributed by atoms with van der Waals surface area (Å²) in [4.78, 5) is 1.96. The van der Waals surface area contributed by atoms with Crippen LogP contribution in [0.3, 0.4) is 0 Å². The molecule has 0 aliphatic rings. The third-order valence-corrected chi connectivity index (χ3v) is 3.59. The molecule has 2 aromatic carbocycles. The van der Waals surface area contributed by atoms with Crippen molar-refractivity contribution < 1.29 is 22.6 Å². The van der Waals surface area contributed by atoms with Crippen LogP contribution in [0, 0.1) is 11.8 Å². The Morgan fingerprint density at radius 2 is 1.65 bits per heavy atom. The minimum Gasteiger partial charge on any atom is -0.493 e. The maximum absolute atomic E-state index is 12.5. The predicted molar refractivity (Wildman–Crippen MR) is 94.3 cm³/mol. The first-order valence-electron chi connectivity index (χ1n) is 8.00. The molecule has 0 aromatic heterocycles. The maximum Gasteiger partial charge on any atom is 0.416 e. The van der Waals surface area contributed by atoms with Gasteiger partial charge in [-0.1, -0.05) is 24.0 Å². The Balaban J connectivity index is 1.79. The molecule has 0 radical (unpaired) electrons. The smallest absolute Gasteiger partial charge is 0.416 e. The van der Waals surface area contributed by atoms with Crippen molar-refractivity contribution in [3.63, 3.8) is 0 Å². The molecule has 0 fully saturated rings. The molecule has 2 aromatic rings. The summed E-state index contributed by atoms with van der Waals surface area (Å²) in [7, 11) is 3.48. The lowest BCUT2D eigenvalue weighted by Crippen LogP contribution is -2.24. The molecular formula is C20H20F3NO2. The topological polar surface area (TPSA) is 21.7 Å². The molecule has 0 aliphatic heterocycles. The van der Waals surface area contributed by atoms with Gasteiger partial charge in [0.2, 0.25) is 0 Å². The van der Waals surface area contributed by atoms with Gasteiger partial charge < -0.3 is 9.47 Å². The Bertz CT molecular complexity index is 761. The van der Waals surface area contributed by atoms with E-state index in [0.29, 0.717) is 36.8 Å². The Labute approximate surface area is 151 Å². The second-order valence-corrected chi connectivity index (χ2v) is 5.61. The van der Waals surface area contributed by atoms with Gasteiger partial charge in [0.25, 0.3) is 0 Å². The standard InChI is InChI=1S/C20H20F3NO2/c1-24(14-15-26-19-8-4-3-7-18(19)25-2)13-5-6-16-9-11-17(12-10-16)20(21,22)23/h3-4,7-12H,13-15H2,1-2H3. The Hall–Kier alpha value is -2.65. The molecule has 0 unspecified atom stereocenters. The summed E-state index contributed by atoms with van der Waals surface area (Å²) in [5.41, 5.74) is -0.120. The lowest BCUT2D eigenvalue weighted by molar-refractivity contribution is -0.137. The number of likely N-dealkylation sites (N-methyl/N-ethyl adjacent to an activating group) is 1. The van der Waals surface area contributed by atoms with E-state index in [1.807, 2.05) is 36.2 Å². The van der Waals surface area contributed by atoms with Crippen molar-refractivity contribution in [2.75, 3.05) is 33.9 Å². The first kappa shape index (κ1) is 19.7. The fraction of sp³-hybridized carbons (Fsp3) is 0.300. The summed E-state index contributed by atoms with van der Waals surface area (Å²) in [5, 5.41) is 0. The van der Waals surface area contributed by atoms with Gasteiger partial charge in [-0.25, -0.2) is 0 Å². The van der Waals surface area contributed by atoms with Crippen molar-refractivity contribution in [3.8, 4) is 23.3 Å². The number of ether oxygens (including phenoxy) is 2. The fourth-order valence-electron chi connectivity index (χ4n) is 2.15. The number of halogens is 3. The molecule has 0 aliphatic carbocycles. The van der Waals surface area contributed by atoms with Crippen molar-refractivity contribution in [1.29, 1.82) is 0 Å². The van der Waals surface area contributed by atoms with E-state index in [9.17, 15) is 13.2 Å². The average Bonchev–Trinajstić information content (AvgIpc) is 2.62. The number of hydrogen-bond donors (Lipinski definition) is 0. The summed E-state index contributed by atoms with van der Waals surface area (Å²) in [6.07, 6.45) is -4.33. The molecule has 6 heteroatoms. The highest BCUT2D eigenvalue weighted by Crippen LogP contribution is 2.29. The summed E-state index contributed by atoms with van der Waals surface area (Å²) in [6, 6.07) is 12.2. The van der Waals surface area contributed by atoms with Crippen molar-refractivity contribution in [1.82, 2.24) is 4.90 Å². The van der Waals surface area contributed by atoms with Gasteiger partial charge in [-0.05, 0) is 43.4 Å². The second-order valence-electron chi connectivity index (χ2n) is 5.61. The Kier molecular flexibility index (Phi) is 6.93. The van der Waals surface area contributed by atoms with Crippen LogP contribution in [0.25, 0.3) is 0 Å². The van der Waals surface area contributed by atoms with Crippen molar-refractivity contribution in [3.05, 3.63) is 59.7 Å². The van der Waals surface area contributed by atoms with E-state index < -0.39 is 11.7 Å². The number of benzene rings is 2. The summed E-state index contributed by atoms with van der Waals surface area (Å²) < 4.78 is 48.4. The monoisotopic (exact) mass is 363 g/mol. The van der Waals surface area contributed by atoms with E-state index in [-0.39, 0.29) is 0 Å². The first-order chi connectivity index (χ1) is 12.4. The largest absolute Gasteiger partial charge is 0.493 e. The molecule has 0 saturated heterocycles. The normalized spacial score (nSPS) is 11.0. The minimum absolute atomic E-state index is 0.471. The molecule has 0 saturated carbocycles. The first-order valence-corrected chi connectivity index (χ1v) is 8.00. The van der Waals surface area contributed by atoms with Gasteiger partial charge in [-0.2, -0.15) is 13.2 Å². The van der Waals surface area contributed by atoms with Crippen LogP contribution in [-0.2, 0) is 6.18 Å². The molecule has 0 amide bonds. The zero-order valence-electron chi connectivity index (χ0n) is 14.6. The van der Waals surface area contributed by atoms with Crippen LogP contribution in [0.1, 0.15) is 11.1 Å². The van der Waals surface area contributed by atoms with E-state index in [0.717, 1.165) is 12.1 Å². The van der Waals surface area contributed by atoms with Crippen LogP contribution in [-0.4, -0.2) is 38.8 Å². The van der Waals surface area contributed by atoms with Gasteiger partial charge in [-0.3, -0.25) is 4.90 Å². The van der Waals surface area contributed by atoms with Gasteiger partial charge in [-0.15, -0.1) is 0 Å². The molecule has 138 valence electrons. The van der Waals surface area contributed by atoms with Gasteiger partial charge in [0, 0.05) is 12.1 Å². The Morgan fingerprint density at radius 1 is 1.00 bits per heavy atom. The molecule has 0 spiro atoms. The van der Waals surface area contributed by atoms with Crippen LogP contribution in [0.5, 0.6) is 11.5 Å². The van der Waals surface area contributed by atoms with Crippen LogP contribution < -0.4 is 9.47 Å². The van der Waals surface area contributed by atoms with E-state index in [4.69, 9.17) is 9.47 Å². The lowest BCUT2D eigenvalue weighted by Gasteiger charge is -2.15. The van der Waals surface area contributed by atoms with Crippen molar-refractivity contribution >= 4 is 0 Å². The van der Waals surface area contributed by atoms with Gasteiger partial charge in [0.15, 0.2) is 11.5 Å². The van der Waals surface area contributed by atoms with E-state index in [1.54, 1.807) is 7.11 Å². The number of hydrogen-bond acceptors (Lipinski definition) is 3. The highest BCUT2D eigenvalue weighted by atomic mass is 19.4. The maximum atomic E-state index is 12.5. The van der Waals surface area contributed by atoms with E-state index in [1.165, 1.54) is 12.1 Å². The van der Waals surface area contributed by atoms with Crippen molar-refractivity contribution in [2.45, 2.75) is 6.18 Å². The number of alkyl halides is 3. The summed E-state index contributed by atoms with van der Waals surface area (Å²) >= 11 is 0. The number of nitrogens with zero attached hydrogens (tertiary/aromatic N) is 1. The minimum atomic E-state index is -4.33. The lowest BCUT2D eigenvalue weighted by atomic mass is 10.1. The van der Waals surface area contributed by atoms with Crippen molar-refractivity contribution in [2.24, 2.45) is 0 Å². The summed E-state index contributed by atoms with van der Waals surface area (Å²) in [5.74, 6) is 7.16. The van der Waals surface area contributed by atoms with Gasteiger partial charge in [0.1, 0.15) is 6.61 Å². The molecule has 0 N–H and O–H groups in total. The molecule has 0 bridgehead atoms. The fourth-order valence-corrected chi connectivity index (χ4v) is 2.15. The third kappa shape index (κ3) is 6.01. The highest BCUT2D eigenvalue weighted by Gasteiger charge is 2.29. The van der Waals surface area contributed by atoms with E-state index in [2.05, 4.69) is 11.8 Å². The zero-order valence-corrected chi connectivity index (χ0v) is 14.6. The highest BCUT2D eigenvalue weighted by molar-refractivity contribution is 5.39. The van der Waals surface area contributed by atoms with Crippen LogP contribution in [0.2, 0.25) is 0 Å². The second kappa shape index (κ2) is 9.16. The molecule has 26 heavy (non-hydrogen) atoms. The number of methoxy groups -OCH3 is 1. The predicted octanol–water partition coefficient (Wildman–Crippen LogP) is 4.08. The quantitative estimate of drug-likeness (QED) is 0.722.